The van der Waals surface area contributed by atoms with E-state index in [1.54, 1.807) is 27.8 Å². The van der Waals surface area contributed by atoms with Gasteiger partial charge in [-0.05, 0) is 84.6 Å². The minimum Gasteiger partial charge on any atom is -0.454 e. The molecule has 0 bridgehead atoms. The fraction of sp³-hybridized carbons (Fsp3) is 0.886. The van der Waals surface area contributed by atoms with Crippen LogP contribution in [0.15, 0.2) is 4.99 Å². The first-order valence-electron chi connectivity index (χ1n) is 22.7. The van der Waals surface area contributed by atoms with Crippen LogP contribution < -0.4 is 10.6 Å². The lowest BCUT2D eigenvalue weighted by atomic mass is 9.77. The third kappa shape index (κ3) is 12.2. The zero-order chi connectivity index (χ0) is 46.6. The molecule has 5 fully saturated rings. The van der Waals surface area contributed by atoms with Crippen LogP contribution in [0.3, 0.4) is 0 Å². The third-order valence-corrected chi connectivity index (χ3v) is 14.2. The van der Waals surface area contributed by atoms with E-state index in [1.165, 1.54) is 28.7 Å². The maximum Gasteiger partial charge on any atom is 0.288 e. The number of aliphatic hydroxyl groups is 2. The monoisotopic (exact) mass is 913 g/mol. The number of nitrogens with one attached hydrogen (secondary N) is 2. The summed E-state index contributed by atoms with van der Waals surface area (Å²) < 4.78 is 38.7. The zero-order valence-electron chi connectivity index (χ0n) is 39.5. The van der Waals surface area contributed by atoms with Gasteiger partial charge in [0.2, 0.25) is 23.6 Å². The second kappa shape index (κ2) is 21.7. The van der Waals surface area contributed by atoms with Crippen molar-refractivity contribution in [3.63, 3.8) is 0 Å². The summed E-state index contributed by atoms with van der Waals surface area (Å²) in [7, 11) is 5.09. The first kappa shape index (κ1) is 51.2. The normalized spacial score (nSPS) is 41.1. The Morgan fingerprint density at radius 1 is 1.05 bits per heavy atom. The highest BCUT2D eigenvalue weighted by Gasteiger charge is 2.54. The Balaban J connectivity index is 1.59. The van der Waals surface area contributed by atoms with Gasteiger partial charge in [-0.25, -0.2) is 4.99 Å². The molecule has 19 heteroatoms. The van der Waals surface area contributed by atoms with Crippen LogP contribution in [-0.4, -0.2) is 192 Å². The number of ether oxygens (including phenoxy) is 6. The molecule has 1 unspecified atom stereocenters. The van der Waals surface area contributed by atoms with E-state index in [-0.39, 0.29) is 68.5 Å². The molecule has 5 heterocycles. The molecule has 0 aromatic rings. The number of fused-ring (bicyclic) bond motifs is 2. The van der Waals surface area contributed by atoms with Gasteiger partial charge in [-0.1, -0.05) is 20.8 Å². The Kier molecular flexibility index (Phi) is 17.6. The van der Waals surface area contributed by atoms with Gasteiger partial charge < -0.3 is 64.0 Å². The molecular weight excluding hydrogens is 837 g/mol. The van der Waals surface area contributed by atoms with Gasteiger partial charge in [-0.3, -0.25) is 19.2 Å². The van der Waals surface area contributed by atoms with Crippen LogP contribution in [0.2, 0.25) is 0 Å². The van der Waals surface area contributed by atoms with Crippen molar-refractivity contribution < 1.29 is 57.8 Å². The lowest BCUT2D eigenvalue weighted by molar-refractivity contribution is -0.303. The molecule has 0 spiro atoms. The van der Waals surface area contributed by atoms with Gasteiger partial charge in [0.1, 0.15) is 18.2 Å². The maximum absolute atomic E-state index is 14.7. The number of thioether (sulfide) groups is 1. The highest BCUT2D eigenvalue weighted by Crippen LogP contribution is 2.40. The number of carbonyl (C=O) groups is 4. The Bertz CT molecular complexity index is 1620. The smallest absolute Gasteiger partial charge is 0.288 e. The molecule has 15 atom stereocenters. The van der Waals surface area contributed by atoms with Crippen LogP contribution in [0.25, 0.3) is 0 Å². The summed E-state index contributed by atoms with van der Waals surface area (Å²) in [5.74, 6) is -3.08. The predicted octanol–water partition coefficient (Wildman–Crippen LogP) is 1.73. The average molecular weight is 913 g/mol. The Labute approximate surface area is 378 Å². The van der Waals surface area contributed by atoms with Crippen molar-refractivity contribution in [1.29, 1.82) is 0 Å². The molecule has 4 amide bonds. The molecule has 0 aromatic heterocycles. The number of aliphatic hydroxyl groups excluding tert-OH is 1. The van der Waals surface area contributed by atoms with Crippen LogP contribution in [0.1, 0.15) is 93.9 Å². The topological polar surface area (TPSA) is 210 Å². The molecule has 4 N–H and O–H groups in total. The minimum absolute atomic E-state index is 0.0315. The zero-order valence-corrected chi connectivity index (χ0v) is 40.4. The number of nitrogens with zero attached hydrogens (tertiary/aromatic N) is 4. The number of hydrogen-bond acceptors (Lipinski definition) is 14. The summed E-state index contributed by atoms with van der Waals surface area (Å²) >= 11 is 1.53. The number of aliphatic imine (C=N–C) groups is 1. The van der Waals surface area contributed by atoms with Gasteiger partial charge in [0.25, 0.3) is 6.02 Å². The Hall–Kier alpha value is -2.78. The predicted molar refractivity (Wildman–Crippen MR) is 237 cm³/mol. The lowest BCUT2D eigenvalue weighted by Gasteiger charge is -2.47. The highest BCUT2D eigenvalue weighted by atomic mass is 32.2. The van der Waals surface area contributed by atoms with Crippen LogP contribution in [0, 0.1) is 17.8 Å². The quantitative estimate of drug-likeness (QED) is 0.260. The van der Waals surface area contributed by atoms with Gasteiger partial charge in [-0.15, -0.1) is 0 Å². The standard InChI is InChI=1S/C44H76N6O12S/c1-24(2)46-42-49(10)31-18-26(4)59-41(36(31)61-42)62-37-27(5)35(60-34-20-44(8,57-11)32(51)23-58-34)28(6)38(53)47-29(15-17-63-12)40(55)50-16-13-14-30(50)39(54)45-21-33(52)48(9)22-25(3)19-43(37,7)56/h24-32,34-37,41,51,56H,13-23H2,1-12H3,(H,45,54)(H,47,53)/t25-,26-,27+,28-,29+,30+,31?,32+,34+,35-,36-,37-,41+,43-,44-/m1/s1. The summed E-state index contributed by atoms with van der Waals surface area (Å²) in [6.07, 6.45) is -1.66. The van der Waals surface area contributed by atoms with E-state index in [0.717, 1.165) is 0 Å². The summed E-state index contributed by atoms with van der Waals surface area (Å²) in [6, 6.07) is -1.46. The minimum atomic E-state index is -1.64. The van der Waals surface area contributed by atoms with E-state index >= 15 is 0 Å². The molecular formula is C44H76N6O12S. The number of amidine groups is 1. The van der Waals surface area contributed by atoms with Gasteiger partial charge in [-0.2, -0.15) is 11.8 Å². The lowest BCUT2D eigenvalue weighted by Crippen LogP contribution is -2.59. The number of amides is 4. The van der Waals surface area contributed by atoms with Crippen molar-refractivity contribution in [3.05, 3.63) is 0 Å². The van der Waals surface area contributed by atoms with Crippen LogP contribution >= 0.6 is 11.8 Å². The molecule has 0 saturated carbocycles. The van der Waals surface area contributed by atoms with E-state index < -0.39 is 83.9 Å². The van der Waals surface area contributed by atoms with E-state index in [1.807, 2.05) is 52.8 Å². The fourth-order valence-corrected chi connectivity index (χ4v) is 10.4. The van der Waals surface area contributed by atoms with Gasteiger partial charge >= 0.3 is 0 Å². The van der Waals surface area contributed by atoms with Crippen LogP contribution in [0.5, 0.6) is 0 Å². The van der Waals surface area contributed by atoms with Gasteiger partial charge in [0.15, 0.2) is 18.7 Å². The molecule has 5 aliphatic rings. The fourth-order valence-electron chi connectivity index (χ4n) is 9.88. The number of hydrogen-bond donors (Lipinski definition) is 4. The maximum atomic E-state index is 14.7. The molecule has 18 nitrogen and oxygen atoms in total. The van der Waals surface area contributed by atoms with Crippen molar-refractivity contribution in [3.8, 4) is 0 Å². The Morgan fingerprint density at radius 2 is 1.76 bits per heavy atom. The molecule has 5 rings (SSSR count). The number of carbonyl (C=O) groups excluding carboxylic acids is 4. The van der Waals surface area contributed by atoms with Crippen molar-refractivity contribution in [2.24, 2.45) is 22.7 Å². The average Bonchev–Trinajstić information content (AvgIpc) is 3.83. The Morgan fingerprint density at radius 3 is 2.43 bits per heavy atom. The highest BCUT2D eigenvalue weighted by molar-refractivity contribution is 7.98. The molecule has 63 heavy (non-hydrogen) atoms. The van der Waals surface area contributed by atoms with Crippen molar-refractivity contribution in [1.82, 2.24) is 25.3 Å². The summed E-state index contributed by atoms with van der Waals surface area (Å²) in [4.78, 5) is 65.9. The van der Waals surface area contributed by atoms with Crippen LogP contribution in [0.4, 0.5) is 0 Å². The summed E-state index contributed by atoms with van der Waals surface area (Å²) in [5.41, 5.74) is -2.66. The molecule has 360 valence electrons. The van der Waals surface area contributed by atoms with Gasteiger partial charge in [0, 0.05) is 52.7 Å². The second-order valence-corrected chi connectivity index (χ2v) is 20.3. The van der Waals surface area contributed by atoms with E-state index in [0.29, 0.717) is 44.0 Å². The van der Waals surface area contributed by atoms with E-state index in [4.69, 9.17) is 33.4 Å². The number of methoxy groups -OCH3 is 1. The first-order valence-corrected chi connectivity index (χ1v) is 24.1. The molecule has 5 aliphatic heterocycles. The van der Waals surface area contributed by atoms with Crippen molar-refractivity contribution in [2.45, 2.75) is 172 Å². The van der Waals surface area contributed by atoms with E-state index in [9.17, 15) is 29.4 Å². The van der Waals surface area contributed by atoms with Crippen molar-refractivity contribution >= 4 is 41.4 Å². The van der Waals surface area contributed by atoms with Gasteiger partial charge in [0.05, 0.1) is 54.6 Å². The van der Waals surface area contributed by atoms with Crippen LogP contribution in [-0.2, 0) is 47.6 Å². The largest absolute Gasteiger partial charge is 0.454 e. The SMILES string of the molecule is CO[C@]1(C)C[C@H](O[C@@H]2[C@H](C)[C@@H](O[C@@H]3O[C@H](C)CC4[C@H]3OC(=NC(C)C)N4C)[C@](C)(O)C[C@@H](C)CN(C)C(=O)CNC(=O)[C@@H]3CCCN3C(=O)[C@H](CCSC)NC(=O)[C@@H]2C)OC[C@@H]1O. The molecule has 0 radical (unpaired) electrons. The second-order valence-electron chi connectivity index (χ2n) is 19.3. The summed E-state index contributed by atoms with van der Waals surface area (Å²) in [6.45, 7) is 15.1. The molecule has 5 saturated heterocycles. The molecule has 0 aliphatic carbocycles. The third-order valence-electron chi connectivity index (χ3n) is 13.5. The first-order chi connectivity index (χ1) is 29.6. The number of likely N-dealkylation sites (N-methyl/N-ethyl adjacent to an activating group) is 2. The van der Waals surface area contributed by atoms with Crippen molar-refractivity contribution in [2.75, 3.05) is 59.5 Å². The summed E-state index contributed by atoms with van der Waals surface area (Å²) in [5, 5.41) is 29.5. The van der Waals surface area contributed by atoms with E-state index in [2.05, 4.69) is 10.6 Å². The number of rotatable bonds is 9. The molecule has 0 aromatic carbocycles.